The van der Waals surface area contributed by atoms with E-state index in [-0.39, 0.29) is 0 Å². The lowest BCUT2D eigenvalue weighted by Crippen LogP contribution is -2.24. The van der Waals surface area contributed by atoms with Gasteiger partial charge in [-0.1, -0.05) is 0 Å². The largest absolute Gasteiger partial charge is 0.168 e. The van der Waals surface area contributed by atoms with Crippen LogP contribution in [0.5, 0.6) is 0 Å². The summed E-state index contributed by atoms with van der Waals surface area (Å²) in [5, 5.41) is 4.69. The van der Waals surface area contributed by atoms with Gasteiger partial charge in [0.15, 0.2) is 0 Å². The minimum atomic E-state index is 0.411. The van der Waals surface area contributed by atoms with E-state index in [4.69, 9.17) is 12.6 Å². The number of rotatable bonds is 18. The fraction of sp³-hybridized carbons (Fsp3) is 1.00. The molecule has 0 N–H and O–H groups in total. The molecule has 16 heteroatoms. The van der Waals surface area contributed by atoms with Crippen molar-refractivity contribution in [2.45, 2.75) is 32.1 Å². The molecule has 30 heavy (non-hydrogen) atoms. The van der Waals surface area contributed by atoms with E-state index < -0.39 is 0 Å². The fourth-order valence-electron chi connectivity index (χ4n) is 2.14. The molecule has 0 bridgehead atoms. The predicted molar refractivity (Wildman–Crippen MR) is 191 cm³/mol. The normalized spacial score (nSPS) is 24.1. The lowest BCUT2D eigenvalue weighted by atomic mass is 10.5. The van der Waals surface area contributed by atoms with E-state index in [2.05, 4.69) is 105 Å². The van der Waals surface area contributed by atoms with Crippen LogP contribution in [0.15, 0.2) is 0 Å². The van der Waals surface area contributed by atoms with Gasteiger partial charge in [-0.3, -0.25) is 0 Å². The summed E-state index contributed by atoms with van der Waals surface area (Å²) in [6, 6.07) is 0. The topological polar surface area (TPSA) is 0 Å². The Morgan fingerprint density at radius 2 is 1.10 bits per heavy atom. The first-order valence-electron chi connectivity index (χ1n) is 8.45. The summed E-state index contributed by atoms with van der Waals surface area (Å²) < 4.78 is 2.81. The van der Waals surface area contributed by atoms with Gasteiger partial charge in [-0.25, -0.2) is 0 Å². The Morgan fingerprint density at radius 3 is 1.50 bits per heavy atom. The second-order valence-corrected chi connectivity index (χ2v) is 23.5. The molecule has 1 saturated heterocycles. The monoisotopic (exact) mass is 708 g/mol. The molecular formula is C14H28S16. The first kappa shape index (κ1) is 33.6. The van der Waals surface area contributed by atoms with Crippen LogP contribution in [0.3, 0.4) is 0 Å². The highest BCUT2D eigenvalue weighted by Gasteiger charge is 2.36. The summed E-state index contributed by atoms with van der Waals surface area (Å²) in [7, 11) is 0. The third-order valence-electron chi connectivity index (χ3n) is 3.38. The van der Waals surface area contributed by atoms with E-state index in [1.165, 1.54) is 0 Å². The molecule has 0 nitrogen and oxygen atoms in total. The van der Waals surface area contributed by atoms with E-state index in [9.17, 15) is 0 Å². The zero-order valence-electron chi connectivity index (χ0n) is 16.0. The molecule has 0 radical (unpaired) electrons. The van der Waals surface area contributed by atoms with E-state index in [0.717, 1.165) is 31.2 Å². The predicted octanol–water partition coefficient (Wildman–Crippen LogP) is 8.61. The molecule has 0 amide bonds. The van der Waals surface area contributed by atoms with Crippen molar-refractivity contribution in [2.75, 3.05) is 37.4 Å². The van der Waals surface area contributed by atoms with Crippen molar-refractivity contribution < 1.29 is 0 Å². The molecule has 0 aromatic heterocycles. The van der Waals surface area contributed by atoms with Crippen LogP contribution in [-0.4, -0.2) is 69.5 Å². The third-order valence-corrected chi connectivity index (χ3v) is 22.1. The molecule has 180 valence electrons. The van der Waals surface area contributed by atoms with Crippen LogP contribution in [0, 0.1) is 0 Å². The number of thiol groups is 6. The Kier molecular flexibility index (Phi) is 24.1. The molecular weight excluding hydrogens is 681 g/mol. The highest BCUT2D eigenvalue weighted by Crippen LogP contribution is 2.53. The summed E-state index contributed by atoms with van der Waals surface area (Å²) in [5.41, 5.74) is 0. The Morgan fingerprint density at radius 1 is 0.667 bits per heavy atom. The Labute approximate surface area is 259 Å². The zero-order chi connectivity index (χ0) is 22.4. The first-order valence-corrected chi connectivity index (χ1v) is 22.5. The van der Waals surface area contributed by atoms with Crippen molar-refractivity contribution in [3.63, 3.8) is 0 Å². The quantitative estimate of drug-likeness (QED) is 0.0603. The van der Waals surface area contributed by atoms with Crippen LogP contribution in [0.2, 0.25) is 0 Å². The van der Waals surface area contributed by atoms with Crippen LogP contribution in [0.25, 0.3) is 0 Å². The molecule has 1 heterocycles. The molecule has 1 aliphatic rings. The van der Waals surface area contributed by atoms with Crippen molar-refractivity contribution in [3.05, 3.63) is 0 Å². The maximum Gasteiger partial charge on any atom is 0.0968 e. The standard InChI is InChI=1S/C14H28S16/c1-21-14-28-8(9(20)29-14)2-22-12(10(23-3-15)24-4-16)30-13(27-7-19)11(25-5-17)26-6-18/h8-20H,2-7H2,1H3. The molecule has 0 spiro atoms. The van der Waals surface area contributed by atoms with Crippen LogP contribution in [0.1, 0.15) is 0 Å². The van der Waals surface area contributed by atoms with Gasteiger partial charge in [-0.2, -0.15) is 75.8 Å². The summed E-state index contributed by atoms with van der Waals surface area (Å²) in [5.74, 6) is 1.12. The molecule has 1 rings (SSSR count). The zero-order valence-corrected chi connectivity index (χ0v) is 29.6. The minimum absolute atomic E-state index is 0.411. The molecule has 1 aliphatic heterocycles. The van der Waals surface area contributed by atoms with Gasteiger partial charge in [-0.05, 0) is 6.26 Å². The van der Waals surface area contributed by atoms with Crippen molar-refractivity contribution in [3.8, 4) is 0 Å². The van der Waals surface area contributed by atoms with Crippen molar-refractivity contribution in [2.24, 2.45) is 0 Å². The summed E-state index contributed by atoms with van der Waals surface area (Å²) in [6.45, 7) is 0. The van der Waals surface area contributed by atoms with Gasteiger partial charge in [0.1, 0.15) is 0 Å². The van der Waals surface area contributed by atoms with E-state index in [1.807, 2.05) is 82.3 Å². The van der Waals surface area contributed by atoms with Crippen molar-refractivity contribution in [1.29, 1.82) is 0 Å². The smallest absolute Gasteiger partial charge is 0.0968 e. The maximum absolute atomic E-state index is 4.86. The second-order valence-electron chi connectivity index (χ2n) is 5.15. The molecule has 0 aromatic carbocycles. The lowest BCUT2D eigenvalue weighted by molar-refractivity contribution is 1.11. The minimum Gasteiger partial charge on any atom is -0.168 e. The third kappa shape index (κ3) is 13.4. The van der Waals surface area contributed by atoms with E-state index in [0.29, 0.717) is 32.1 Å². The van der Waals surface area contributed by atoms with Gasteiger partial charge in [0.2, 0.25) is 0 Å². The Bertz CT molecular complexity index is 403. The maximum atomic E-state index is 4.86. The summed E-state index contributed by atoms with van der Waals surface area (Å²) >= 11 is 47.2. The summed E-state index contributed by atoms with van der Waals surface area (Å²) in [4.78, 5) is 0. The fourth-order valence-corrected chi connectivity index (χ4v) is 22.0. The molecule has 5 atom stereocenters. The molecule has 1 fully saturated rings. The van der Waals surface area contributed by atoms with Crippen LogP contribution < -0.4 is 0 Å². The van der Waals surface area contributed by atoms with Gasteiger partial charge in [-0.15, -0.1) is 118 Å². The van der Waals surface area contributed by atoms with E-state index >= 15 is 0 Å². The highest BCUT2D eigenvalue weighted by molar-refractivity contribution is 8.37. The average Bonchev–Trinajstić information content (AvgIpc) is 3.10. The SMILES string of the molecule is CSC1SC(S)C(CSC(SC(SCS)C(SCS)SCS)C(SCS)SCS)S1. The van der Waals surface area contributed by atoms with Crippen molar-refractivity contribution >= 4 is 193 Å². The summed E-state index contributed by atoms with van der Waals surface area (Å²) in [6.07, 6.45) is 2.19. The van der Waals surface area contributed by atoms with Crippen LogP contribution >= 0.6 is 193 Å². The lowest BCUT2D eigenvalue weighted by Gasteiger charge is -2.32. The van der Waals surface area contributed by atoms with E-state index in [1.54, 1.807) is 0 Å². The molecule has 0 aliphatic carbocycles. The second kappa shape index (κ2) is 21.5. The number of hydrogen-bond acceptors (Lipinski definition) is 16. The van der Waals surface area contributed by atoms with Crippen molar-refractivity contribution in [1.82, 2.24) is 0 Å². The van der Waals surface area contributed by atoms with Crippen LogP contribution in [-0.2, 0) is 0 Å². The number of hydrogen-bond donors (Lipinski definition) is 6. The van der Waals surface area contributed by atoms with Gasteiger partial charge >= 0.3 is 0 Å². The molecule has 0 saturated carbocycles. The van der Waals surface area contributed by atoms with Gasteiger partial charge in [0.05, 0.1) is 26.8 Å². The first-order chi connectivity index (χ1) is 14.5. The highest BCUT2D eigenvalue weighted by atomic mass is 32.3. The Balaban J connectivity index is 2.90. The van der Waals surface area contributed by atoms with Gasteiger partial charge in [0, 0.05) is 36.4 Å². The van der Waals surface area contributed by atoms with Gasteiger partial charge in [0.25, 0.3) is 0 Å². The molecule has 0 aromatic rings. The number of thioether (sulfide) groups is 10. The average molecular weight is 709 g/mol. The Hall–Kier alpha value is 5.60. The molecule has 5 unspecified atom stereocenters. The van der Waals surface area contributed by atoms with Crippen LogP contribution in [0.4, 0.5) is 0 Å². The van der Waals surface area contributed by atoms with Gasteiger partial charge < -0.3 is 0 Å².